The van der Waals surface area contributed by atoms with Gasteiger partial charge in [0.2, 0.25) is 0 Å². The fourth-order valence-corrected chi connectivity index (χ4v) is 4.41. The molecule has 0 saturated carbocycles. The largest absolute Gasteiger partial charge is 0.493 e. The van der Waals surface area contributed by atoms with Crippen LogP contribution in [0.1, 0.15) is 47.5 Å². The zero-order valence-electron chi connectivity index (χ0n) is 16.1. The summed E-state index contributed by atoms with van der Waals surface area (Å²) in [6.07, 6.45) is 3.51. The van der Waals surface area contributed by atoms with E-state index < -0.39 is 0 Å². The Morgan fingerprint density at radius 1 is 1.19 bits per heavy atom. The molecule has 26 heavy (non-hydrogen) atoms. The first-order chi connectivity index (χ1) is 12.1. The number of likely N-dealkylation sites (tertiary alicyclic amines) is 1. The first-order valence-electron chi connectivity index (χ1n) is 9.52. The van der Waals surface area contributed by atoms with E-state index in [9.17, 15) is 0 Å². The fraction of sp³-hybridized carbons (Fsp3) is 0.500. The average molecular weight is 371 g/mol. The van der Waals surface area contributed by atoms with Gasteiger partial charge in [0, 0.05) is 30.4 Å². The van der Waals surface area contributed by atoms with Gasteiger partial charge in [-0.25, -0.2) is 0 Å². The van der Waals surface area contributed by atoms with E-state index in [4.69, 9.17) is 4.74 Å². The highest BCUT2D eigenvalue weighted by atomic mass is 32.1. The summed E-state index contributed by atoms with van der Waals surface area (Å²) in [7, 11) is 0. The highest BCUT2D eigenvalue weighted by Gasteiger charge is 2.27. The van der Waals surface area contributed by atoms with Crippen molar-refractivity contribution in [1.29, 1.82) is 0 Å². The van der Waals surface area contributed by atoms with Gasteiger partial charge < -0.3 is 4.74 Å². The van der Waals surface area contributed by atoms with Crippen molar-refractivity contribution >= 4 is 13.5 Å². The molecule has 2 aliphatic rings. The lowest BCUT2D eigenvalue weighted by Crippen LogP contribution is -2.25. The predicted molar refractivity (Wildman–Crippen MR) is 112 cm³/mol. The number of aryl methyl sites for hydroxylation is 2. The number of benzene rings is 1. The molecule has 140 valence electrons. The molecule has 0 radical (unpaired) electrons. The summed E-state index contributed by atoms with van der Waals surface area (Å²) in [6.45, 7) is 9.72. The van der Waals surface area contributed by atoms with Crippen LogP contribution >= 0.6 is 13.5 Å². The molecule has 0 bridgehead atoms. The van der Waals surface area contributed by atoms with Crippen LogP contribution in [0.2, 0.25) is 0 Å². The standard InChI is InChI=1S/C22H28N2O.H2S/c1-15-10-19(11-16(2)23-15)12-18-6-8-24(14-18)17(3)21-5-4-20-7-9-25-22(20)13-21;/h4-5,10-11,13,17-18H,6-9,12,14H2,1-3H3;1H2/t17-,18-;/m1./s1. The summed E-state index contributed by atoms with van der Waals surface area (Å²) in [6, 6.07) is 11.8. The molecule has 4 heteroatoms. The summed E-state index contributed by atoms with van der Waals surface area (Å²) >= 11 is 0. The van der Waals surface area contributed by atoms with Crippen molar-refractivity contribution in [2.75, 3.05) is 19.7 Å². The van der Waals surface area contributed by atoms with Crippen molar-refractivity contribution in [3.8, 4) is 5.75 Å². The number of fused-ring (bicyclic) bond motifs is 1. The van der Waals surface area contributed by atoms with E-state index in [-0.39, 0.29) is 13.5 Å². The Bertz CT molecular complexity index is 756. The van der Waals surface area contributed by atoms with Crippen molar-refractivity contribution in [2.24, 2.45) is 5.92 Å². The maximum Gasteiger partial charge on any atom is 0.122 e. The molecule has 2 aliphatic heterocycles. The zero-order chi connectivity index (χ0) is 17.4. The second-order valence-corrected chi connectivity index (χ2v) is 7.75. The molecule has 0 spiro atoms. The van der Waals surface area contributed by atoms with Crippen LogP contribution in [0.15, 0.2) is 30.3 Å². The topological polar surface area (TPSA) is 25.4 Å². The molecule has 1 aromatic carbocycles. The number of ether oxygens (including phenoxy) is 1. The molecule has 1 aromatic heterocycles. The van der Waals surface area contributed by atoms with Gasteiger partial charge in [0.1, 0.15) is 5.75 Å². The van der Waals surface area contributed by atoms with Crippen LogP contribution in [0, 0.1) is 19.8 Å². The minimum absolute atomic E-state index is 0. The van der Waals surface area contributed by atoms with Crippen molar-refractivity contribution in [1.82, 2.24) is 9.88 Å². The van der Waals surface area contributed by atoms with Gasteiger partial charge in [-0.2, -0.15) is 13.5 Å². The summed E-state index contributed by atoms with van der Waals surface area (Å²) in [4.78, 5) is 7.13. The Hall–Kier alpha value is -1.52. The van der Waals surface area contributed by atoms with E-state index in [1.165, 1.54) is 42.6 Å². The molecule has 1 fully saturated rings. The number of hydrogen-bond donors (Lipinski definition) is 0. The van der Waals surface area contributed by atoms with Crippen LogP contribution < -0.4 is 4.74 Å². The lowest BCUT2D eigenvalue weighted by Gasteiger charge is -2.25. The second kappa shape index (κ2) is 8.01. The van der Waals surface area contributed by atoms with Gasteiger partial charge in [0.05, 0.1) is 6.61 Å². The molecular weight excluding hydrogens is 340 g/mol. The summed E-state index contributed by atoms with van der Waals surface area (Å²) < 4.78 is 5.75. The Morgan fingerprint density at radius 3 is 2.73 bits per heavy atom. The Balaban J connectivity index is 0.00000196. The van der Waals surface area contributed by atoms with Crippen molar-refractivity contribution < 1.29 is 4.74 Å². The zero-order valence-corrected chi connectivity index (χ0v) is 17.1. The van der Waals surface area contributed by atoms with E-state index in [0.29, 0.717) is 6.04 Å². The van der Waals surface area contributed by atoms with Crippen LogP contribution in [-0.2, 0) is 12.8 Å². The van der Waals surface area contributed by atoms with E-state index >= 15 is 0 Å². The summed E-state index contributed by atoms with van der Waals surface area (Å²) in [5.74, 6) is 1.84. The van der Waals surface area contributed by atoms with Crippen molar-refractivity contribution in [2.45, 2.75) is 46.1 Å². The molecule has 0 amide bonds. The molecule has 0 N–H and O–H groups in total. The van der Waals surface area contributed by atoms with Gasteiger partial charge in [-0.05, 0) is 81.0 Å². The van der Waals surface area contributed by atoms with Crippen molar-refractivity contribution in [3.63, 3.8) is 0 Å². The van der Waals surface area contributed by atoms with Crippen LogP contribution in [0.3, 0.4) is 0 Å². The average Bonchev–Trinajstić information content (AvgIpc) is 3.21. The third kappa shape index (κ3) is 4.07. The molecule has 2 atom stereocenters. The lowest BCUT2D eigenvalue weighted by atomic mass is 9.98. The highest BCUT2D eigenvalue weighted by Crippen LogP contribution is 2.33. The molecule has 0 unspecified atom stereocenters. The SMILES string of the molecule is Cc1cc(C[C@H]2CCN([C@H](C)c3ccc4c(c3)OCC4)C2)cc(C)n1.S. The van der Waals surface area contributed by atoms with Gasteiger partial charge >= 0.3 is 0 Å². The minimum Gasteiger partial charge on any atom is -0.493 e. The van der Waals surface area contributed by atoms with E-state index in [2.05, 4.69) is 61.0 Å². The van der Waals surface area contributed by atoms with E-state index in [1.807, 2.05) is 0 Å². The maximum absolute atomic E-state index is 5.75. The Morgan fingerprint density at radius 2 is 1.96 bits per heavy atom. The quantitative estimate of drug-likeness (QED) is 0.799. The van der Waals surface area contributed by atoms with Gasteiger partial charge in [-0.3, -0.25) is 9.88 Å². The molecule has 1 saturated heterocycles. The summed E-state index contributed by atoms with van der Waals surface area (Å²) in [5.41, 5.74) is 6.46. The molecular formula is C22H30N2OS. The van der Waals surface area contributed by atoms with Crippen LogP contribution in [0.5, 0.6) is 5.75 Å². The molecule has 4 rings (SSSR count). The van der Waals surface area contributed by atoms with Crippen LogP contribution in [0.25, 0.3) is 0 Å². The third-order valence-corrected chi connectivity index (χ3v) is 5.73. The smallest absolute Gasteiger partial charge is 0.122 e. The monoisotopic (exact) mass is 370 g/mol. The fourth-order valence-electron chi connectivity index (χ4n) is 4.41. The second-order valence-electron chi connectivity index (χ2n) is 7.75. The van der Waals surface area contributed by atoms with E-state index in [1.54, 1.807) is 0 Å². The van der Waals surface area contributed by atoms with Gasteiger partial charge in [0.15, 0.2) is 0 Å². The predicted octanol–water partition coefficient (Wildman–Crippen LogP) is 4.37. The van der Waals surface area contributed by atoms with E-state index in [0.717, 1.165) is 36.1 Å². The normalized spacial score (nSPS) is 20.3. The first-order valence-corrected chi connectivity index (χ1v) is 9.52. The highest BCUT2D eigenvalue weighted by molar-refractivity contribution is 7.59. The number of aromatic nitrogens is 1. The number of pyridine rings is 1. The number of hydrogen-bond acceptors (Lipinski definition) is 3. The first kappa shape index (κ1) is 19.2. The Labute approximate surface area is 164 Å². The Kier molecular flexibility index (Phi) is 5.93. The maximum atomic E-state index is 5.75. The lowest BCUT2D eigenvalue weighted by molar-refractivity contribution is 0.252. The van der Waals surface area contributed by atoms with Gasteiger partial charge in [-0.1, -0.05) is 12.1 Å². The number of nitrogens with zero attached hydrogens (tertiary/aromatic N) is 2. The molecule has 0 aliphatic carbocycles. The van der Waals surface area contributed by atoms with Crippen molar-refractivity contribution in [3.05, 3.63) is 58.4 Å². The third-order valence-electron chi connectivity index (χ3n) is 5.73. The van der Waals surface area contributed by atoms with Crippen LogP contribution in [0.4, 0.5) is 0 Å². The minimum atomic E-state index is 0. The molecule has 3 nitrogen and oxygen atoms in total. The number of rotatable bonds is 4. The summed E-state index contributed by atoms with van der Waals surface area (Å²) in [5, 5.41) is 0. The van der Waals surface area contributed by atoms with Gasteiger partial charge in [0.25, 0.3) is 0 Å². The van der Waals surface area contributed by atoms with Crippen LogP contribution in [-0.4, -0.2) is 29.6 Å². The molecule has 2 aromatic rings. The molecule has 3 heterocycles. The van der Waals surface area contributed by atoms with Gasteiger partial charge in [-0.15, -0.1) is 0 Å².